The highest BCUT2D eigenvalue weighted by atomic mass is 16.6. The van der Waals surface area contributed by atoms with Crippen LogP contribution < -0.4 is 5.32 Å². The number of aliphatic hydroxyl groups is 1. The Bertz CT molecular complexity index is 76.5. The van der Waals surface area contributed by atoms with E-state index in [1.54, 1.807) is 0 Å². The lowest BCUT2D eigenvalue weighted by molar-refractivity contribution is -0.0955. The smallest absolute Gasteiger partial charge is 0.214 e. The summed E-state index contributed by atoms with van der Waals surface area (Å²) in [5.41, 5.74) is 0. The summed E-state index contributed by atoms with van der Waals surface area (Å²) >= 11 is 0. The topological polar surface area (TPSA) is 41.5 Å². The molecule has 1 rings (SSSR count). The van der Waals surface area contributed by atoms with Crippen molar-refractivity contribution < 1.29 is 9.84 Å². The maximum Gasteiger partial charge on any atom is 0.214 e. The maximum absolute atomic E-state index is 8.74. The summed E-state index contributed by atoms with van der Waals surface area (Å²) in [7, 11) is 0. The standard InChI is InChI=1S/C5H11NO2/c1-3-4(2)8-5(7)6-3/h3-7H,1-2H3/t3-,4?,5?/m0/s1. The molecule has 0 spiro atoms. The van der Waals surface area contributed by atoms with E-state index < -0.39 is 6.41 Å². The van der Waals surface area contributed by atoms with Gasteiger partial charge in [-0.25, -0.2) is 0 Å². The molecule has 1 heterocycles. The van der Waals surface area contributed by atoms with Gasteiger partial charge >= 0.3 is 0 Å². The van der Waals surface area contributed by atoms with Crippen molar-refractivity contribution >= 4 is 0 Å². The van der Waals surface area contributed by atoms with Crippen molar-refractivity contribution in [1.29, 1.82) is 0 Å². The molecule has 2 unspecified atom stereocenters. The number of ether oxygens (including phenoxy) is 1. The summed E-state index contributed by atoms with van der Waals surface area (Å²) in [6, 6.07) is 0.269. The van der Waals surface area contributed by atoms with Gasteiger partial charge in [0.2, 0.25) is 6.41 Å². The first-order valence-electron chi connectivity index (χ1n) is 2.79. The second kappa shape index (κ2) is 2.01. The third-order valence-corrected chi connectivity index (χ3v) is 1.45. The van der Waals surface area contributed by atoms with Gasteiger partial charge in [0, 0.05) is 6.04 Å². The predicted octanol–water partition coefficient (Wildman–Crippen LogP) is -0.341. The zero-order valence-electron chi connectivity index (χ0n) is 5.09. The van der Waals surface area contributed by atoms with Crippen LogP contribution in [0.15, 0.2) is 0 Å². The lowest BCUT2D eigenvalue weighted by atomic mass is 10.2. The van der Waals surface area contributed by atoms with Gasteiger partial charge in [0.25, 0.3) is 0 Å². The minimum absolute atomic E-state index is 0.130. The van der Waals surface area contributed by atoms with Crippen LogP contribution in [0.25, 0.3) is 0 Å². The van der Waals surface area contributed by atoms with E-state index in [9.17, 15) is 0 Å². The Balaban J connectivity index is 2.39. The Morgan fingerprint density at radius 1 is 1.50 bits per heavy atom. The molecule has 3 atom stereocenters. The molecule has 0 saturated carbocycles. The average molecular weight is 117 g/mol. The molecule has 3 heteroatoms. The van der Waals surface area contributed by atoms with Crippen LogP contribution in [-0.4, -0.2) is 23.7 Å². The van der Waals surface area contributed by atoms with Crippen LogP contribution in [-0.2, 0) is 4.74 Å². The lowest BCUT2D eigenvalue weighted by Gasteiger charge is -2.03. The van der Waals surface area contributed by atoms with Crippen LogP contribution in [0.4, 0.5) is 0 Å². The largest absolute Gasteiger partial charge is 0.356 e. The molecule has 1 aliphatic rings. The zero-order chi connectivity index (χ0) is 6.15. The average Bonchev–Trinajstić information content (AvgIpc) is 1.85. The van der Waals surface area contributed by atoms with Crippen LogP contribution in [0, 0.1) is 0 Å². The summed E-state index contributed by atoms with van der Waals surface area (Å²) in [4.78, 5) is 0. The summed E-state index contributed by atoms with van der Waals surface area (Å²) in [6.45, 7) is 3.90. The second-order valence-corrected chi connectivity index (χ2v) is 2.15. The summed E-state index contributed by atoms with van der Waals surface area (Å²) in [6.07, 6.45) is -0.620. The molecule has 3 nitrogen and oxygen atoms in total. The molecule has 1 aliphatic heterocycles. The normalized spacial score (nSPS) is 47.6. The van der Waals surface area contributed by atoms with Crippen LogP contribution in [0.5, 0.6) is 0 Å². The van der Waals surface area contributed by atoms with E-state index >= 15 is 0 Å². The molecule has 48 valence electrons. The van der Waals surface area contributed by atoms with Gasteiger partial charge in [0.05, 0.1) is 6.10 Å². The highest BCUT2D eigenvalue weighted by Crippen LogP contribution is 2.07. The third kappa shape index (κ3) is 0.992. The van der Waals surface area contributed by atoms with E-state index in [1.165, 1.54) is 0 Å². The molecular weight excluding hydrogens is 106 g/mol. The van der Waals surface area contributed by atoms with Crippen molar-refractivity contribution in [3.63, 3.8) is 0 Å². The quantitative estimate of drug-likeness (QED) is 0.456. The molecule has 0 aromatic rings. The van der Waals surface area contributed by atoms with Crippen molar-refractivity contribution in [3.05, 3.63) is 0 Å². The first-order valence-corrected chi connectivity index (χ1v) is 2.79. The number of rotatable bonds is 0. The van der Waals surface area contributed by atoms with Crippen LogP contribution in [0.1, 0.15) is 13.8 Å². The Morgan fingerprint density at radius 2 is 2.12 bits per heavy atom. The minimum Gasteiger partial charge on any atom is -0.356 e. The van der Waals surface area contributed by atoms with Gasteiger partial charge in [0.15, 0.2) is 0 Å². The van der Waals surface area contributed by atoms with Crippen LogP contribution in [0.2, 0.25) is 0 Å². The number of hydrogen-bond acceptors (Lipinski definition) is 3. The van der Waals surface area contributed by atoms with Crippen molar-refractivity contribution in [3.8, 4) is 0 Å². The molecule has 8 heavy (non-hydrogen) atoms. The predicted molar refractivity (Wildman–Crippen MR) is 29.2 cm³/mol. The summed E-state index contributed by atoms with van der Waals surface area (Å²) in [5.74, 6) is 0. The molecule has 0 bridgehead atoms. The molecule has 0 aliphatic carbocycles. The van der Waals surface area contributed by atoms with Crippen molar-refractivity contribution in [2.75, 3.05) is 0 Å². The lowest BCUT2D eigenvalue weighted by Crippen LogP contribution is -2.28. The molecule has 0 amide bonds. The zero-order valence-corrected chi connectivity index (χ0v) is 5.09. The molecular formula is C5H11NO2. The molecule has 1 fully saturated rings. The fourth-order valence-electron chi connectivity index (χ4n) is 0.721. The first kappa shape index (κ1) is 6.01. The van der Waals surface area contributed by atoms with Gasteiger partial charge in [-0.15, -0.1) is 0 Å². The first-order chi connectivity index (χ1) is 3.70. The van der Waals surface area contributed by atoms with E-state index in [1.807, 2.05) is 13.8 Å². The molecule has 2 N–H and O–H groups in total. The minimum atomic E-state index is -0.750. The Labute approximate surface area is 48.7 Å². The van der Waals surface area contributed by atoms with Crippen molar-refractivity contribution in [2.45, 2.75) is 32.4 Å². The SMILES string of the molecule is CC1OC(O)N[C@H]1C. The van der Waals surface area contributed by atoms with E-state index in [4.69, 9.17) is 9.84 Å². The second-order valence-electron chi connectivity index (χ2n) is 2.15. The number of nitrogens with one attached hydrogen (secondary N) is 1. The van der Waals surface area contributed by atoms with Gasteiger partial charge in [0.1, 0.15) is 0 Å². The van der Waals surface area contributed by atoms with Crippen LogP contribution in [0.3, 0.4) is 0 Å². The van der Waals surface area contributed by atoms with E-state index in [-0.39, 0.29) is 12.1 Å². The summed E-state index contributed by atoms with van der Waals surface area (Å²) < 4.78 is 4.92. The fraction of sp³-hybridized carbons (Fsp3) is 1.00. The monoisotopic (exact) mass is 117 g/mol. The van der Waals surface area contributed by atoms with E-state index in [0.29, 0.717) is 0 Å². The third-order valence-electron chi connectivity index (χ3n) is 1.45. The van der Waals surface area contributed by atoms with E-state index in [2.05, 4.69) is 5.32 Å². The van der Waals surface area contributed by atoms with Gasteiger partial charge in [-0.1, -0.05) is 0 Å². The van der Waals surface area contributed by atoms with Gasteiger partial charge in [-0.3, -0.25) is 5.32 Å². The highest BCUT2D eigenvalue weighted by molar-refractivity contribution is 4.73. The molecule has 0 aromatic heterocycles. The highest BCUT2D eigenvalue weighted by Gasteiger charge is 2.25. The van der Waals surface area contributed by atoms with Gasteiger partial charge < -0.3 is 9.84 Å². The maximum atomic E-state index is 8.74. The number of aliphatic hydroxyl groups excluding tert-OH is 1. The van der Waals surface area contributed by atoms with E-state index in [0.717, 1.165) is 0 Å². The number of hydrogen-bond donors (Lipinski definition) is 2. The Kier molecular flexibility index (Phi) is 1.51. The van der Waals surface area contributed by atoms with Crippen molar-refractivity contribution in [1.82, 2.24) is 5.32 Å². The molecule has 1 saturated heterocycles. The summed E-state index contributed by atoms with van der Waals surface area (Å²) in [5, 5.41) is 11.5. The molecule has 0 radical (unpaired) electrons. The van der Waals surface area contributed by atoms with Crippen molar-refractivity contribution in [2.24, 2.45) is 0 Å². The van der Waals surface area contributed by atoms with Gasteiger partial charge in [-0.2, -0.15) is 0 Å². The van der Waals surface area contributed by atoms with Crippen LogP contribution >= 0.6 is 0 Å². The Hall–Kier alpha value is -0.120. The molecule has 0 aromatic carbocycles. The Morgan fingerprint density at radius 3 is 2.25 bits per heavy atom. The van der Waals surface area contributed by atoms with Gasteiger partial charge in [-0.05, 0) is 13.8 Å². The fourth-order valence-corrected chi connectivity index (χ4v) is 0.721.